The Kier molecular flexibility index (Phi) is 5.03. The van der Waals surface area contributed by atoms with Gasteiger partial charge in [-0.15, -0.1) is 0 Å². The zero-order valence-electron chi connectivity index (χ0n) is 9.72. The highest BCUT2D eigenvalue weighted by atomic mass is 79.9. The number of aliphatic carboxylic acids is 1. The zero-order valence-corrected chi connectivity index (χ0v) is 11.3. The standard InChI is InChI=1S/C12H12BrNO4/c1-8(15)14(7-12(17)18)11(16)6-9-3-2-4-10(13)5-9/h2-5H,6-7H2,1H3,(H,17,18). The van der Waals surface area contributed by atoms with E-state index in [1.807, 2.05) is 6.07 Å². The van der Waals surface area contributed by atoms with Crippen LogP contribution in [0.25, 0.3) is 0 Å². The molecule has 0 fully saturated rings. The van der Waals surface area contributed by atoms with Gasteiger partial charge in [-0.3, -0.25) is 19.3 Å². The fourth-order valence-electron chi connectivity index (χ4n) is 1.43. The van der Waals surface area contributed by atoms with Gasteiger partial charge in [0.2, 0.25) is 11.8 Å². The van der Waals surface area contributed by atoms with Crippen LogP contribution >= 0.6 is 15.9 Å². The van der Waals surface area contributed by atoms with Crippen molar-refractivity contribution in [3.8, 4) is 0 Å². The van der Waals surface area contributed by atoms with E-state index in [2.05, 4.69) is 15.9 Å². The summed E-state index contributed by atoms with van der Waals surface area (Å²) in [7, 11) is 0. The molecule has 5 nitrogen and oxygen atoms in total. The van der Waals surface area contributed by atoms with Crippen molar-refractivity contribution in [3.05, 3.63) is 34.3 Å². The van der Waals surface area contributed by atoms with Crippen LogP contribution in [0.15, 0.2) is 28.7 Å². The molecule has 1 aromatic rings. The molecule has 6 heteroatoms. The average Bonchev–Trinajstić information content (AvgIpc) is 2.25. The van der Waals surface area contributed by atoms with Crippen molar-refractivity contribution in [2.75, 3.05) is 6.54 Å². The van der Waals surface area contributed by atoms with Crippen LogP contribution in [0.2, 0.25) is 0 Å². The molecule has 1 aromatic carbocycles. The van der Waals surface area contributed by atoms with Crippen molar-refractivity contribution >= 4 is 33.7 Å². The molecule has 0 atom stereocenters. The number of carboxylic acid groups (broad SMARTS) is 1. The van der Waals surface area contributed by atoms with Gasteiger partial charge >= 0.3 is 5.97 Å². The lowest BCUT2D eigenvalue weighted by molar-refractivity contribution is -0.151. The number of imide groups is 1. The van der Waals surface area contributed by atoms with Gasteiger partial charge in [0, 0.05) is 11.4 Å². The van der Waals surface area contributed by atoms with E-state index in [0.29, 0.717) is 5.56 Å². The Hall–Kier alpha value is -1.69. The molecular weight excluding hydrogens is 302 g/mol. The number of rotatable bonds is 4. The number of hydrogen-bond donors (Lipinski definition) is 1. The molecule has 0 bridgehead atoms. The van der Waals surface area contributed by atoms with Gasteiger partial charge < -0.3 is 5.11 Å². The van der Waals surface area contributed by atoms with Crippen molar-refractivity contribution in [1.82, 2.24) is 4.90 Å². The van der Waals surface area contributed by atoms with Gasteiger partial charge in [0.25, 0.3) is 0 Å². The molecule has 0 aromatic heterocycles. The average molecular weight is 314 g/mol. The van der Waals surface area contributed by atoms with E-state index in [0.717, 1.165) is 9.37 Å². The fraction of sp³-hybridized carbons (Fsp3) is 0.250. The first kappa shape index (κ1) is 14.4. The number of amides is 2. The lowest BCUT2D eigenvalue weighted by Gasteiger charge is -2.16. The van der Waals surface area contributed by atoms with Gasteiger partial charge in [-0.05, 0) is 17.7 Å². The second-order valence-corrected chi connectivity index (χ2v) is 4.62. The molecule has 0 aliphatic rings. The van der Waals surface area contributed by atoms with Crippen LogP contribution < -0.4 is 0 Å². The summed E-state index contributed by atoms with van der Waals surface area (Å²) in [5.74, 6) is -2.31. The molecular formula is C12H12BrNO4. The van der Waals surface area contributed by atoms with Gasteiger partial charge in [0.1, 0.15) is 6.54 Å². The Morgan fingerprint density at radius 2 is 2.00 bits per heavy atom. The Morgan fingerprint density at radius 1 is 1.33 bits per heavy atom. The number of hydrogen-bond acceptors (Lipinski definition) is 3. The smallest absolute Gasteiger partial charge is 0.323 e. The van der Waals surface area contributed by atoms with Crippen LogP contribution in [0.4, 0.5) is 0 Å². The monoisotopic (exact) mass is 313 g/mol. The Balaban J connectivity index is 2.79. The van der Waals surface area contributed by atoms with Crippen LogP contribution in [-0.4, -0.2) is 34.3 Å². The first-order valence-corrected chi connectivity index (χ1v) is 5.96. The Morgan fingerprint density at radius 3 is 2.50 bits per heavy atom. The first-order chi connectivity index (χ1) is 8.40. The molecule has 0 saturated carbocycles. The zero-order chi connectivity index (χ0) is 13.7. The van der Waals surface area contributed by atoms with Gasteiger partial charge in [-0.2, -0.15) is 0 Å². The summed E-state index contributed by atoms with van der Waals surface area (Å²) in [5, 5.41) is 8.64. The minimum Gasteiger partial charge on any atom is -0.480 e. The van der Waals surface area contributed by atoms with Gasteiger partial charge in [0.15, 0.2) is 0 Å². The van der Waals surface area contributed by atoms with E-state index >= 15 is 0 Å². The van der Waals surface area contributed by atoms with Crippen molar-refractivity contribution in [2.45, 2.75) is 13.3 Å². The quantitative estimate of drug-likeness (QED) is 0.913. The lowest BCUT2D eigenvalue weighted by Crippen LogP contribution is -2.40. The maximum Gasteiger partial charge on any atom is 0.323 e. The number of nitrogens with zero attached hydrogens (tertiary/aromatic N) is 1. The molecule has 2 amide bonds. The van der Waals surface area contributed by atoms with E-state index in [1.165, 1.54) is 6.92 Å². The van der Waals surface area contributed by atoms with E-state index in [1.54, 1.807) is 18.2 Å². The molecule has 18 heavy (non-hydrogen) atoms. The number of benzene rings is 1. The third kappa shape index (κ3) is 4.29. The SMILES string of the molecule is CC(=O)N(CC(=O)O)C(=O)Cc1cccc(Br)c1. The molecule has 1 N–H and O–H groups in total. The highest BCUT2D eigenvalue weighted by Crippen LogP contribution is 2.12. The predicted molar refractivity (Wildman–Crippen MR) is 67.9 cm³/mol. The van der Waals surface area contributed by atoms with Crippen LogP contribution in [0.5, 0.6) is 0 Å². The second-order valence-electron chi connectivity index (χ2n) is 3.70. The molecule has 0 saturated heterocycles. The number of carboxylic acids is 1. The van der Waals surface area contributed by atoms with Gasteiger partial charge in [0.05, 0.1) is 6.42 Å². The predicted octanol–water partition coefficient (Wildman–Crippen LogP) is 1.45. The maximum atomic E-state index is 11.8. The van der Waals surface area contributed by atoms with Crippen LogP contribution in [0, 0.1) is 0 Å². The molecule has 0 aliphatic heterocycles. The first-order valence-electron chi connectivity index (χ1n) is 5.17. The third-order valence-corrected chi connectivity index (χ3v) is 2.71. The van der Waals surface area contributed by atoms with Crippen molar-refractivity contribution in [3.63, 3.8) is 0 Å². The fourth-order valence-corrected chi connectivity index (χ4v) is 1.87. The topological polar surface area (TPSA) is 74.7 Å². The summed E-state index contributed by atoms with van der Waals surface area (Å²) in [6, 6.07) is 7.06. The van der Waals surface area contributed by atoms with E-state index in [-0.39, 0.29) is 6.42 Å². The van der Waals surface area contributed by atoms with E-state index in [4.69, 9.17) is 5.11 Å². The van der Waals surface area contributed by atoms with Crippen molar-refractivity contribution in [1.29, 1.82) is 0 Å². The highest BCUT2D eigenvalue weighted by Gasteiger charge is 2.20. The maximum absolute atomic E-state index is 11.8. The minimum absolute atomic E-state index is 0.00764. The third-order valence-electron chi connectivity index (χ3n) is 2.22. The summed E-state index contributed by atoms with van der Waals surface area (Å²) in [6.45, 7) is 0.559. The largest absolute Gasteiger partial charge is 0.480 e. The number of carbonyl (C=O) groups excluding carboxylic acids is 2. The molecule has 0 heterocycles. The van der Waals surface area contributed by atoms with Gasteiger partial charge in [-0.25, -0.2) is 0 Å². The van der Waals surface area contributed by atoms with Crippen LogP contribution in [0.3, 0.4) is 0 Å². The van der Waals surface area contributed by atoms with Crippen LogP contribution in [-0.2, 0) is 20.8 Å². The summed E-state index contributed by atoms with van der Waals surface area (Å²) in [6.07, 6.45) is -0.00764. The molecule has 96 valence electrons. The molecule has 0 spiro atoms. The number of carbonyl (C=O) groups is 3. The lowest BCUT2D eigenvalue weighted by atomic mass is 10.1. The summed E-state index contributed by atoms with van der Waals surface area (Å²) in [4.78, 5) is 34.3. The van der Waals surface area contributed by atoms with Crippen molar-refractivity contribution in [2.24, 2.45) is 0 Å². The molecule has 0 unspecified atom stereocenters. The molecule has 0 radical (unpaired) electrons. The number of halogens is 1. The highest BCUT2D eigenvalue weighted by molar-refractivity contribution is 9.10. The van der Waals surface area contributed by atoms with Crippen LogP contribution in [0.1, 0.15) is 12.5 Å². The molecule has 0 aliphatic carbocycles. The Bertz CT molecular complexity index is 487. The van der Waals surface area contributed by atoms with Crippen molar-refractivity contribution < 1.29 is 19.5 Å². The summed E-state index contributed by atoms with van der Waals surface area (Å²) >= 11 is 3.27. The minimum atomic E-state index is -1.22. The molecule has 1 rings (SSSR count). The van der Waals surface area contributed by atoms with E-state index in [9.17, 15) is 14.4 Å². The summed E-state index contributed by atoms with van der Waals surface area (Å²) in [5.41, 5.74) is 0.714. The van der Waals surface area contributed by atoms with E-state index < -0.39 is 24.3 Å². The normalized spacial score (nSPS) is 9.89. The summed E-state index contributed by atoms with van der Waals surface area (Å²) < 4.78 is 0.820. The van der Waals surface area contributed by atoms with Gasteiger partial charge in [-0.1, -0.05) is 28.1 Å². The Labute approximate surface area is 113 Å². The second kappa shape index (κ2) is 6.30.